The highest BCUT2D eigenvalue weighted by atomic mass is 16.3. The van der Waals surface area contributed by atoms with Gasteiger partial charge in [0.1, 0.15) is 11.2 Å². The Bertz CT molecular complexity index is 2600. The van der Waals surface area contributed by atoms with E-state index in [0.29, 0.717) is 0 Å². The molecule has 2 aliphatic rings. The summed E-state index contributed by atoms with van der Waals surface area (Å²) in [7, 11) is 0. The highest BCUT2D eigenvalue weighted by molar-refractivity contribution is 6.15. The lowest BCUT2D eigenvalue weighted by Gasteiger charge is -2.30. The molecule has 0 amide bonds. The third-order valence-electron chi connectivity index (χ3n) is 12.1. The summed E-state index contributed by atoms with van der Waals surface area (Å²) >= 11 is 0. The molecule has 0 saturated heterocycles. The van der Waals surface area contributed by atoms with E-state index in [1.807, 2.05) is 0 Å². The molecule has 6 aromatic carbocycles. The van der Waals surface area contributed by atoms with Crippen LogP contribution in [0.25, 0.3) is 44.2 Å². The Morgan fingerprint density at radius 3 is 1.71 bits per heavy atom. The fourth-order valence-corrected chi connectivity index (χ4v) is 9.24. The van der Waals surface area contributed by atoms with Gasteiger partial charge < -0.3 is 9.32 Å². The molecule has 0 atom stereocenters. The minimum Gasteiger partial charge on any atom is -0.456 e. The van der Waals surface area contributed by atoms with Crippen LogP contribution >= 0.6 is 0 Å². The van der Waals surface area contributed by atoms with E-state index in [-0.39, 0.29) is 21.7 Å². The summed E-state index contributed by atoms with van der Waals surface area (Å²) < 4.78 is 6.86. The molecule has 7 aromatic rings. The van der Waals surface area contributed by atoms with Crippen LogP contribution in [0.4, 0.5) is 17.1 Å². The molecule has 2 nitrogen and oxygen atoms in total. The highest BCUT2D eigenvalue weighted by Crippen LogP contribution is 2.54. The predicted molar refractivity (Wildman–Crippen MR) is 221 cm³/mol. The van der Waals surface area contributed by atoms with Gasteiger partial charge in [-0.05, 0) is 109 Å². The Labute approximate surface area is 309 Å². The van der Waals surface area contributed by atoms with Crippen LogP contribution in [0, 0.1) is 0 Å². The maximum Gasteiger partial charge on any atom is 0.137 e. The van der Waals surface area contributed by atoms with Gasteiger partial charge in [-0.25, -0.2) is 0 Å². The van der Waals surface area contributed by atoms with Crippen molar-refractivity contribution >= 4 is 39.0 Å². The molecule has 52 heavy (non-hydrogen) atoms. The van der Waals surface area contributed by atoms with Crippen molar-refractivity contribution in [2.45, 2.75) is 90.9 Å². The fourth-order valence-electron chi connectivity index (χ4n) is 9.24. The first kappa shape index (κ1) is 32.8. The Morgan fingerprint density at radius 2 is 1.04 bits per heavy atom. The molecule has 0 fully saturated rings. The summed E-state index contributed by atoms with van der Waals surface area (Å²) in [4.78, 5) is 2.50. The van der Waals surface area contributed by atoms with Crippen molar-refractivity contribution in [3.63, 3.8) is 0 Å². The molecular formula is C50H49NO. The second-order valence-corrected chi connectivity index (χ2v) is 18.3. The molecule has 0 radical (unpaired) electrons. The zero-order valence-corrected chi connectivity index (χ0v) is 32.3. The maximum absolute atomic E-state index is 6.86. The van der Waals surface area contributed by atoms with E-state index in [1.54, 1.807) is 0 Å². The number of hydrogen-bond acceptors (Lipinski definition) is 2. The van der Waals surface area contributed by atoms with E-state index in [1.165, 1.54) is 61.0 Å². The van der Waals surface area contributed by atoms with Gasteiger partial charge in [0, 0.05) is 27.6 Å². The van der Waals surface area contributed by atoms with E-state index in [0.717, 1.165) is 33.6 Å². The van der Waals surface area contributed by atoms with Gasteiger partial charge in [-0.15, -0.1) is 0 Å². The van der Waals surface area contributed by atoms with Crippen LogP contribution in [0.5, 0.6) is 0 Å². The normalized spacial score (nSPS) is 15.4. The number of hydrogen-bond donors (Lipinski definition) is 0. The van der Waals surface area contributed by atoms with E-state index in [2.05, 4.69) is 189 Å². The molecule has 260 valence electrons. The van der Waals surface area contributed by atoms with Crippen molar-refractivity contribution in [1.29, 1.82) is 0 Å². The van der Waals surface area contributed by atoms with Gasteiger partial charge in [0.15, 0.2) is 0 Å². The minimum atomic E-state index is -0.119. The molecular weight excluding hydrogens is 631 g/mol. The smallest absolute Gasteiger partial charge is 0.137 e. The lowest BCUT2D eigenvalue weighted by molar-refractivity contribution is 0.569. The van der Waals surface area contributed by atoms with E-state index in [4.69, 9.17) is 4.42 Å². The van der Waals surface area contributed by atoms with Gasteiger partial charge in [0.05, 0.1) is 11.1 Å². The van der Waals surface area contributed by atoms with Gasteiger partial charge in [-0.1, -0.05) is 142 Å². The van der Waals surface area contributed by atoms with Crippen LogP contribution < -0.4 is 4.90 Å². The van der Waals surface area contributed by atoms with Gasteiger partial charge in [0.2, 0.25) is 0 Å². The lowest BCUT2D eigenvalue weighted by atomic mass is 9.78. The molecule has 1 heterocycles. The van der Waals surface area contributed by atoms with Gasteiger partial charge >= 0.3 is 0 Å². The summed E-state index contributed by atoms with van der Waals surface area (Å²) in [6.07, 6.45) is 0. The highest BCUT2D eigenvalue weighted by Gasteiger charge is 2.38. The Balaban J connectivity index is 1.36. The van der Waals surface area contributed by atoms with Crippen molar-refractivity contribution < 1.29 is 4.42 Å². The number of fused-ring (bicyclic) bond motifs is 9. The number of nitrogens with zero attached hydrogens (tertiary/aromatic N) is 1. The van der Waals surface area contributed by atoms with Crippen LogP contribution in [-0.4, -0.2) is 0 Å². The lowest BCUT2D eigenvalue weighted by Crippen LogP contribution is -2.18. The van der Waals surface area contributed by atoms with Crippen LogP contribution in [0.15, 0.2) is 120 Å². The molecule has 0 unspecified atom stereocenters. The minimum absolute atomic E-state index is 0.00862. The molecule has 2 heteroatoms. The topological polar surface area (TPSA) is 16.4 Å². The fraction of sp³-hybridized carbons (Fsp3) is 0.280. The first-order valence-corrected chi connectivity index (χ1v) is 18.9. The quantitative estimate of drug-likeness (QED) is 0.185. The average Bonchev–Trinajstić information content (AvgIpc) is 3.67. The Hall–Kier alpha value is -5.08. The first-order chi connectivity index (χ1) is 24.6. The summed E-state index contributed by atoms with van der Waals surface area (Å²) in [5.41, 5.74) is 18.4. The van der Waals surface area contributed by atoms with Crippen LogP contribution in [0.2, 0.25) is 0 Å². The van der Waals surface area contributed by atoms with E-state index >= 15 is 0 Å². The molecule has 9 rings (SSSR count). The zero-order chi connectivity index (χ0) is 36.5. The van der Waals surface area contributed by atoms with Crippen molar-refractivity contribution in [1.82, 2.24) is 0 Å². The number of anilines is 3. The van der Waals surface area contributed by atoms with Gasteiger partial charge in [0.25, 0.3) is 0 Å². The number of benzene rings is 6. The summed E-state index contributed by atoms with van der Waals surface area (Å²) in [5, 5.41) is 2.37. The average molecular weight is 680 g/mol. The van der Waals surface area contributed by atoms with Crippen molar-refractivity contribution in [3.8, 4) is 22.3 Å². The SMILES string of the molecule is CC(C)(C)c1cc(C(C)(C)C)c2c(c1)oc1cccc(N(c3ccc4c(c3)-c3ccccc3C4(C)C)c3ccc4c(c3)C(C)(C)c3ccccc3-4)c12. The van der Waals surface area contributed by atoms with E-state index < -0.39 is 0 Å². The zero-order valence-electron chi connectivity index (χ0n) is 32.3. The van der Waals surface area contributed by atoms with Crippen LogP contribution in [-0.2, 0) is 21.7 Å². The van der Waals surface area contributed by atoms with E-state index in [9.17, 15) is 0 Å². The molecule has 1 aromatic heterocycles. The largest absolute Gasteiger partial charge is 0.456 e. The third kappa shape index (κ3) is 4.62. The second-order valence-electron chi connectivity index (χ2n) is 18.3. The standard InChI is InChI=1S/C50H49NO/c1-47(2,3)30-26-41(48(4,5)6)45-44(27-30)52-43-21-15-20-42(46(43)45)51(31-23-25-39-36(28-31)34-17-12-14-19-38(34)49(39,7)8)32-22-24-35-33-16-11-13-18-37(33)50(9,10)40(35)29-32/h11-29H,1-10H3. The molecule has 0 aliphatic heterocycles. The predicted octanol–water partition coefficient (Wildman–Crippen LogP) is 14.3. The summed E-state index contributed by atoms with van der Waals surface area (Å²) in [6, 6.07) is 43.4. The molecule has 0 spiro atoms. The number of rotatable bonds is 3. The molecule has 0 N–H and O–H groups in total. The van der Waals surface area contributed by atoms with Crippen molar-refractivity contribution in [2.75, 3.05) is 4.90 Å². The van der Waals surface area contributed by atoms with Crippen LogP contribution in [0.3, 0.4) is 0 Å². The number of furan rings is 1. The molecule has 2 aliphatic carbocycles. The summed E-state index contributed by atoms with van der Waals surface area (Å²) in [6.45, 7) is 23.3. The Morgan fingerprint density at radius 1 is 0.462 bits per heavy atom. The molecule has 0 saturated carbocycles. The Kier molecular flexibility index (Phi) is 6.77. The van der Waals surface area contributed by atoms with Crippen molar-refractivity contribution in [2.24, 2.45) is 0 Å². The maximum atomic E-state index is 6.86. The van der Waals surface area contributed by atoms with Crippen LogP contribution in [0.1, 0.15) is 103 Å². The summed E-state index contributed by atoms with van der Waals surface area (Å²) in [5.74, 6) is 0. The van der Waals surface area contributed by atoms with Gasteiger partial charge in [-0.2, -0.15) is 0 Å². The molecule has 0 bridgehead atoms. The monoisotopic (exact) mass is 679 g/mol. The van der Waals surface area contributed by atoms with Crippen molar-refractivity contribution in [3.05, 3.63) is 149 Å². The van der Waals surface area contributed by atoms with Gasteiger partial charge in [-0.3, -0.25) is 0 Å². The third-order valence-corrected chi connectivity index (χ3v) is 12.1. The second kappa shape index (κ2) is 10.7. The first-order valence-electron chi connectivity index (χ1n) is 18.9.